The maximum Gasteiger partial charge on any atom is 0.349 e. The van der Waals surface area contributed by atoms with Gasteiger partial charge in [0.05, 0.1) is 18.1 Å². The Bertz CT molecular complexity index is 1100. The SMILES string of the molecule is COc1cccc2c(C(F)(F)Cl)c3c(=O)n(C)c(=O)n(C)c3nc12. The summed E-state index contributed by atoms with van der Waals surface area (Å²) in [6.45, 7) is 0. The Hall–Kier alpha value is -2.48. The molecule has 0 atom stereocenters. The molecule has 0 spiro atoms. The molecule has 0 bridgehead atoms. The van der Waals surface area contributed by atoms with E-state index in [0.29, 0.717) is 0 Å². The molecule has 3 aromatic rings. The fourth-order valence-corrected chi connectivity index (χ4v) is 2.92. The number of rotatable bonds is 2. The van der Waals surface area contributed by atoms with Crippen molar-refractivity contribution in [1.82, 2.24) is 14.1 Å². The summed E-state index contributed by atoms with van der Waals surface area (Å²) in [6, 6.07) is 4.41. The number of halogens is 3. The van der Waals surface area contributed by atoms with Crippen LogP contribution in [0.5, 0.6) is 5.75 Å². The second kappa shape index (κ2) is 5.27. The Balaban J connectivity index is 2.78. The van der Waals surface area contributed by atoms with Gasteiger partial charge in [0.25, 0.3) is 5.56 Å². The van der Waals surface area contributed by atoms with Gasteiger partial charge in [0.15, 0.2) is 5.65 Å². The second-order valence-electron chi connectivity index (χ2n) is 5.25. The first kappa shape index (κ1) is 16.4. The third-order valence-electron chi connectivity index (χ3n) is 3.87. The van der Waals surface area contributed by atoms with Gasteiger partial charge in [-0.3, -0.25) is 13.9 Å². The first-order valence-corrected chi connectivity index (χ1v) is 7.20. The number of fused-ring (bicyclic) bond motifs is 2. The van der Waals surface area contributed by atoms with Crippen LogP contribution < -0.4 is 16.0 Å². The Morgan fingerprint density at radius 2 is 1.88 bits per heavy atom. The number of nitrogens with zero attached hydrogens (tertiary/aromatic N) is 3. The average Bonchev–Trinajstić information content (AvgIpc) is 2.54. The predicted octanol–water partition coefficient (Wildman–Crippen LogP) is 2.08. The van der Waals surface area contributed by atoms with Crippen LogP contribution in [0.15, 0.2) is 27.8 Å². The number of aryl methyl sites for hydroxylation is 1. The molecule has 0 amide bonds. The predicted molar refractivity (Wildman–Crippen MR) is 86.0 cm³/mol. The zero-order valence-electron chi connectivity index (χ0n) is 12.9. The summed E-state index contributed by atoms with van der Waals surface area (Å²) in [5.74, 6) is 0.227. The summed E-state index contributed by atoms with van der Waals surface area (Å²) < 4.78 is 35.2. The fourth-order valence-electron chi connectivity index (χ4n) is 2.72. The summed E-state index contributed by atoms with van der Waals surface area (Å²) in [5, 5.41) is -4.26. The summed E-state index contributed by atoms with van der Waals surface area (Å²) in [7, 11) is 3.91. The van der Waals surface area contributed by atoms with Crippen molar-refractivity contribution in [2.45, 2.75) is 5.38 Å². The van der Waals surface area contributed by atoms with Crippen LogP contribution in [0.25, 0.3) is 21.9 Å². The summed E-state index contributed by atoms with van der Waals surface area (Å²) in [5.41, 5.74) is -2.36. The number of alkyl halides is 3. The van der Waals surface area contributed by atoms with Crippen molar-refractivity contribution in [2.75, 3.05) is 7.11 Å². The average molecular weight is 356 g/mol. The van der Waals surface area contributed by atoms with Crippen LogP contribution in [-0.4, -0.2) is 21.2 Å². The monoisotopic (exact) mass is 355 g/mol. The van der Waals surface area contributed by atoms with Gasteiger partial charge in [0, 0.05) is 19.5 Å². The van der Waals surface area contributed by atoms with Gasteiger partial charge in [-0.1, -0.05) is 12.1 Å². The highest BCUT2D eigenvalue weighted by Gasteiger charge is 2.35. The van der Waals surface area contributed by atoms with E-state index in [4.69, 9.17) is 16.3 Å². The highest BCUT2D eigenvalue weighted by atomic mass is 35.5. The largest absolute Gasteiger partial charge is 0.494 e. The topological polar surface area (TPSA) is 66.1 Å². The van der Waals surface area contributed by atoms with Crippen molar-refractivity contribution in [3.8, 4) is 5.75 Å². The lowest BCUT2D eigenvalue weighted by atomic mass is 10.0. The molecule has 0 aliphatic heterocycles. The van der Waals surface area contributed by atoms with Gasteiger partial charge < -0.3 is 4.74 Å². The van der Waals surface area contributed by atoms with E-state index in [-0.39, 0.29) is 22.3 Å². The minimum absolute atomic E-state index is 0.0161. The standard InChI is InChI=1S/C15H12ClF2N3O3/c1-20-12-9(13(22)21(2)14(20)23)10(15(16,17)18)7-5-4-6-8(24-3)11(7)19-12/h4-6H,1-3H3. The molecule has 1 aromatic carbocycles. The van der Waals surface area contributed by atoms with Gasteiger partial charge in [-0.05, 0) is 17.7 Å². The first-order valence-electron chi connectivity index (χ1n) is 6.82. The Labute approximate surface area is 138 Å². The molecule has 0 aliphatic rings. The van der Waals surface area contributed by atoms with Crippen LogP contribution in [-0.2, 0) is 19.5 Å². The molecule has 0 saturated heterocycles. The second-order valence-corrected chi connectivity index (χ2v) is 5.72. The van der Waals surface area contributed by atoms with E-state index >= 15 is 0 Å². The van der Waals surface area contributed by atoms with E-state index in [1.54, 1.807) is 0 Å². The number of methoxy groups -OCH3 is 1. The maximum atomic E-state index is 14.2. The zero-order chi connectivity index (χ0) is 17.8. The van der Waals surface area contributed by atoms with Gasteiger partial charge in [-0.15, -0.1) is 0 Å². The van der Waals surface area contributed by atoms with E-state index in [9.17, 15) is 18.4 Å². The molecule has 2 aromatic heterocycles. The molecule has 3 rings (SSSR count). The third kappa shape index (κ3) is 2.17. The van der Waals surface area contributed by atoms with Gasteiger partial charge in [0.2, 0.25) is 0 Å². The number of pyridine rings is 1. The molecule has 2 heterocycles. The first-order chi connectivity index (χ1) is 11.2. The third-order valence-corrected chi connectivity index (χ3v) is 4.06. The van der Waals surface area contributed by atoms with Crippen molar-refractivity contribution >= 4 is 33.5 Å². The van der Waals surface area contributed by atoms with Gasteiger partial charge >= 0.3 is 11.1 Å². The Morgan fingerprint density at radius 1 is 1.21 bits per heavy atom. The van der Waals surface area contributed by atoms with Crippen LogP contribution in [0.4, 0.5) is 8.78 Å². The number of para-hydroxylation sites is 1. The molecule has 0 radical (unpaired) electrons. The number of aromatic nitrogens is 3. The number of hydrogen-bond acceptors (Lipinski definition) is 4. The number of hydrogen-bond donors (Lipinski definition) is 0. The molecule has 126 valence electrons. The lowest BCUT2D eigenvalue weighted by Gasteiger charge is -2.17. The van der Waals surface area contributed by atoms with Crippen molar-refractivity contribution in [1.29, 1.82) is 0 Å². The maximum absolute atomic E-state index is 14.2. The summed E-state index contributed by atoms with van der Waals surface area (Å²) in [4.78, 5) is 28.8. The van der Waals surface area contributed by atoms with Gasteiger partial charge in [-0.25, -0.2) is 9.78 Å². The van der Waals surface area contributed by atoms with E-state index in [0.717, 1.165) is 9.13 Å². The molecule has 24 heavy (non-hydrogen) atoms. The highest BCUT2D eigenvalue weighted by molar-refractivity contribution is 6.24. The van der Waals surface area contributed by atoms with E-state index in [1.165, 1.54) is 39.4 Å². The molecule has 0 fully saturated rings. The minimum Gasteiger partial charge on any atom is -0.494 e. The smallest absolute Gasteiger partial charge is 0.349 e. The minimum atomic E-state index is -3.84. The van der Waals surface area contributed by atoms with Crippen molar-refractivity contribution < 1.29 is 13.5 Å². The van der Waals surface area contributed by atoms with Crippen LogP contribution in [0.2, 0.25) is 0 Å². The molecular weight excluding hydrogens is 344 g/mol. The number of ether oxygens (including phenoxy) is 1. The number of benzene rings is 1. The van der Waals surface area contributed by atoms with Gasteiger partial charge in [-0.2, -0.15) is 8.78 Å². The zero-order valence-corrected chi connectivity index (χ0v) is 13.7. The summed E-state index contributed by atoms with van der Waals surface area (Å²) in [6.07, 6.45) is 0. The van der Waals surface area contributed by atoms with Crippen molar-refractivity contribution in [3.05, 3.63) is 44.6 Å². The lowest BCUT2D eigenvalue weighted by Crippen LogP contribution is -2.38. The van der Waals surface area contributed by atoms with E-state index in [2.05, 4.69) is 4.98 Å². The fraction of sp³-hybridized carbons (Fsp3) is 0.267. The van der Waals surface area contributed by atoms with Crippen LogP contribution in [0.3, 0.4) is 0 Å². The molecule has 0 unspecified atom stereocenters. The van der Waals surface area contributed by atoms with E-state index in [1.807, 2.05) is 0 Å². The van der Waals surface area contributed by atoms with Crippen LogP contribution in [0.1, 0.15) is 5.56 Å². The van der Waals surface area contributed by atoms with Crippen LogP contribution >= 0.6 is 11.6 Å². The van der Waals surface area contributed by atoms with E-state index < -0.39 is 27.6 Å². The summed E-state index contributed by atoms with van der Waals surface area (Å²) >= 11 is 5.29. The van der Waals surface area contributed by atoms with Crippen LogP contribution in [0, 0.1) is 0 Å². The van der Waals surface area contributed by atoms with Gasteiger partial charge in [0.1, 0.15) is 11.3 Å². The Morgan fingerprint density at radius 3 is 2.46 bits per heavy atom. The molecule has 0 aliphatic carbocycles. The molecule has 9 heteroatoms. The molecule has 6 nitrogen and oxygen atoms in total. The lowest BCUT2D eigenvalue weighted by molar-refractivity contribution is 0.0983. The molecular formula is C15H12ClF2N3O3. The Kier molecular flexibility index (Phi) is 3.60. The van der Waals surface area contributed by atoms with Crippen molar-refractivity contribution in [2.24, 2.45) is 14.1 Å². The highest BCUT2D eigenvalue weighted by Crippen LogP contribution is 2.41. The molecule has 0 saturated carbocycles. The molecule has 0 N–H and O–H groups in total. The normalized spacial score (nSPS) is 12.1. The van der Waals surface area contributed by atoms with Crippen molar-refractivity contribution in [3.63, 3.8) is 0 Å². The quantitative estimate of drug-likeness (QED) is 0.521.